The highest BCUT2D eigenvalue weighted by Gasteiger charge is 2.19. The number of rotatable bonds is 8. The van der Waals surface area contributed by atoms with Crippen molar-refractivity contribution in [2.24, 2.45) is 0 Å². The second kappa shape index (κ2) is 8.07. The van der Waals surface area contributed by atoms with Crippen LogP contribution in [0.1, 0.15) is 20.3 Å². The van der Waals surface area contributed by atoms with E-state index in [4.69, 9.17) is 11.6 Å². The summed E-state index contributed by atoms with van der Waals surface area (Å²) in [5.74, 6) is 0.898. The molecule has 1 aromatic rings. The van der Waals surface area contributed by atoms with E-state index in [1.807, 2.05) is 6.92 Å². The summed E-state index contributed by atoms with van der Waals surface area (Å²) in [7, 11) is -4.63. The van der Waals surface area contributed by atoms with Gasteiger partial charge in [-0.2, -0.15) is 0 Å². The molecule has 21 heavy (non-hydrogen) atoms. The number of halogens is 1. The van der Waals surface area contributed by atoms with Gasteiger partial charge in [-0.05, 0) is 26.3 Å². The molecule has 2 atom stereocenters. The first-order chi connectivity index (χ1) is 9.76. The lowest BCUT2D eigenvalue weighted by atomic mass is 10.3. The van der Waals surface area contributed by atoms with Gasteiger partial charge in [0.05, 0.1) is 5.02 Å². The molecule has 6 nitrogen and oxygen atoms in total. The molecule has 0 aromatic carbocycles. The van der Waals surface area contributed by atoms with Crippen molar-refractivity contribution >= 4 is 38.2 Å². The molecule has 1 heterocycles. The lowest BCUT2D eigenvalue weighted by Crippen LogP contribution is -2.33. The van der Waals surface area contributed by atoms with Crippen molar-refractivity contribution in [1.82, 2.24) is 9.71 Å². The van der Waals surface area contributed by atoms with Crippen LogP contribution in [0.4, 0.5) is 5.82 Å². The first-order valence-corrected chi connectivity index (χ1v) is 10.1. The highest BCUT2D eigenvalue weighted by molar-refractivity contribution is 7.89. The molecule has 0 saturated heterocycles. The Balaban J connectivity index is 2.83. The number of anilines is 1. The largest absolute Gasteiger partial charge is 0.369 e. The highest BCUT2D eigenvalue weighted by atomic mass is 35.5. The maximum absolute atomic E-state index is 12.2. The summed E-state index contributed by atoms with van der Waals surface area (Å²) in [5.41, 5.74) is 0. The third kappa shape index (κ3) is 5.90. The van der Waals surface area contributed by atoms with Crippen molar-refractivity contribution in [2.75, 3.05) is 23.9 Å². The van der Waals surface area contributed by atoms with Crippen LogP contribution in [-0.4, -0.2) is 42.2 Å². The van der Waals surface area contributed by atoms with E-state index < -0.39 is 20.8 Å². The maximum Gasteiger partial charge on any atom is 0.242 e. The predicted molar refractivity (Wildman–Crippen MR) is 86.7 cm³/mol. The molecule has 0 bridgehead atoms. The van der Waals surface area contributed by atoms with Gasteiger partial charge in [0.15, 0.2) is 0 Å². The van der Waals surface area contributed by atoms with Crippen molar-refractivity contribution in [2.45, 2.75) is 31.2 Å². The average molecular weight is 354 g/mol. The molecule has 0 saturated carbocycles. The van der Waals surface area contributed by atoms with Crippen molar-refractivity contribution in [3.05, 3.63) is 17.3 Å². The Morgan fingerprint density at radius 2 is 2.14 bits per heavy atom. The normalized spacial score (nSPS) is 14.7. The number of aromatic nitrogens is 1. The fourth-order valence-electron chi connectivity index (χ4n) is 1.60. The van der Waals surface area contributed by atoms with E-state index in [0.29, 0.717) is 24.5 Å². The van der Waals surface area contributed by atoms with Crippen LogP contribution in [-0.2, 0) is 20.8 Å². The van der Waals surface area contributed by atoms with Crippen LogP contribution < -0.4 is 10.0 Å². The summed E-state index contributed by atoms with van der Waals surface area (Å²) in [4.78, 5) is 4.02. The van der Waals surface area contributed by atoms with Crippen LogP contribution in [0, 0.1) is 0 Å². The molecule has 2 N–H and O–H groups in total. The Labute approximate surface area is 133 Å². The minimum atomic E-state index is -3.69. The molecule has 2 unspecified atom stereocenters. The second-order valence-electron chi connectivity index (χ2n) is 4.62. The van der Waals surface area contributed by atoms with Gasteiger partial charge in [-0.3, -0.25) is 4.21 Å². The monoisotopic (exact) mass is 353 g/mol. The molecule has 0 aliphatic rings. The van der Waals surface area contributed by atoms with E-state index in [0.717, 1.165) is 0 Å². The van der Waals surface area contributed by atoms with Gasteiger partial charge in [-0.25, -0.2) is 18.1 Å². The van der Waals surface area contributed by atoms with Gasteiger partial charge < -0.3 is 5.32 Å². The van der Waals surface area contributed by atoms with Crippen LogP contribution in [0.5, 0.6) is 0 Å². The van der Waals surface area contributed by atoms with Gasteiger partial charge in [-0.1, -0.05) is 11.6 Å². The first-order valence-electron chi connectivity index (χ1n) is 6.48. The number of nitrogens with zero attached hydrogens (tertiary/aromatic N) is 1. The molecule has 0 aliphatic carbocycles. The predicted octanol–water partition coefficient (Wildman–Crippen LogP) is 1.60. The number of nitrogens with one attached hydrogen (secondary N) is 2. The van der Waals surface area contributed by atoms with Crippen molar-refractivity contribution in [1.29, 1.82) is 0 Å². The fraction of sp³-hybridized carbons (Fsp3) is 0.583. The zero-order valence-electron chi connectivity index (χ0n) is 12.2. The van der Waals surface area contributed by atoms with Crippen LogP contribution in [0.2, 0.25) is 5.02 Å². The molecule has 0 amide bonds. The topological polar surface area (TPSA) is 88.2 Å². The minimum Gasteiger partial charge on any atom is -0.369 e. The Bertz CT molecular complexity index is 608. The Kier molecular flexibility index (Phi) is 7.05. The van der Waals surface area contributed by atoms with Gasteiger partial charge >= 0.3 is 0 Å². The van der Waals surface area contributed by atoms with Crippen LogP contribution >= 0.6 is 11.6 Å². The summed E-state index contributed by atoms with van der Waals surface area (Å²) in [5, 5.41) is 3.19. The molecule has 0 spiro atoms. The van der Waals surface area contributed by atoms with E-state index in [9.17, 15) is 12.6 Å². The lowest BCUT2D eigenvalue weighted by molar-refractivity contribution is 0.555. The number of hydrogen-bond acceptors (Lipinski definition) is 5. The summed E-state index contributed by atoms with van der Waals surface area (Å²) in [6.45, 7) is 4.26. The molecular formula is C12H20ClN3O3S2. The quantitative estimate of drug-likeness (QED) is 0.741. The summed E-state index contributed by atoms with van der Waals surface area (Å²) in [6.07, 6.45) is 3.35. The molecule has 1 aromatic heterocycles. The Morgan fingerprint density at radius 1 is 1.48 bits per heavy atom. The molecule has 120 valence electrons. The van der Waals surface area contributed by atoms with Gasteiger partial charge in [0.1, 0.15) is 10.7 Å². The number of pyridine rings is 1. The summed E-state index contributed by atoms with van der Waals surface area (Å²) in [6, 6.07) is 1.05. The van der Waals surface area contributed by atoms with Crippen molar-refractivity contribution in [3.63, 3.8) is 0 Å². The van der Waals surface area contributed by atoms with E-state index in [1.165, 1.54) is 12.3 Å². The second-order valence-corrected chi connectivity index (χ2v) is 8.30. The average Bonchev–Trinajstić information content (AvgIpc) is 2.38. The van der Waals surface area contributed by atoms with E-state index in [1.54, 1.807) is 13.2 Å². The molecule has 0 fully saturated rings. The zero-order valence-corrected chi connectivity index (χ0v) is 14.6. The Morgan fingerprint density at radius 3 is 2.67 bits per heavy atom. The SMILES string of the molecule is CCNc1ncc(S(=O)(=O)NC(C)CCS(C)=O)cc1Cl. The molecule has 9 heteroatoms. The summed E-state index contributed by atoms with van der Waals surface area (Å²) < 4.78 is 38.0. The highest BCUT2D eigenvalue weighted by Crippen LogP contribution is 2.22. The zero-order chi connectivity index (χ0) is 16.0. The van der Waals surface area contributed by atoms with E-state index in [-0.39, 0.29) is 16.0 Å². The van der Waals surface area contributed by atoms with E-state index in [2.05, 4.69) is 15.0 Å². The number of hydrogen-bond donors (Lipinski definition) is 2. The third-order valence-electron chi connectivity index (χ3n) is 2.67. The Hall–Kier alpha value is -0.700. The minimum absolute atomic E-state index is 0.0126. The van der Waals surface area contributed by atoms with Gasteiger partial charge in [-0.15, -0.1) is 0 Å². The molecule has 0 aliphatic heterocycles. The van der Waals surface area contributed by atoms with Gasteiger partial charge in [0, 0.05) is 41.6 Å². The third-order valence-corrected chi connectivity index (χ3v) is 5.32. The smallest absolute Gasteiger partial charge is 0.242 e. The molecule has 1 rings (SSSR count). The van der Waals surface area contributed by atoms with E-state index >= 15 is 0 Å². The lowest BCUT2D eigenvalue weighted by Gasteiger charge is -2.14. The van der Waals surface area contributed by atoms with Crippen molar-refractivity contribution < 1.29 is 12.6 Å². The molecular weight excluding hydrogens is 334 g/mol. The first kappa shape index (κ1) is 18.3. The van der Waals surface area contributed by atoms with Crippen molar-refractivity contribution in [3.8, 4) is 0 Å². The standard InChI is InChI=1S/C12H20ClN3O3S2/c1-4-14-12-11(13)7-10(8-15-12)21(18,19)16-9(2)5-6-20(3)17/h7-9,16H,4-6H2,1-3H3,(H,14,15). The maximum atomic E-state index is 12.2. The molecule has 0 radical (unpaired) electrons. The van der Waals surface area contributed by atoms with Crippen LogP contribution in [0.15, 0.2) is 17.2 Å². The number of sulfonamides is 1. The fourth-order valence-corrected chi connectivity index (χ4v) is 3.83. The van der Waals surface area contributed by atoms with Gasteiger partial charge in [0.25, 0.3) is 0 Å². The summed E-state index contributed by atoms with van der Waals surface area (Å²) >= 11 is 6.00. The van der Waals surface area contributed by atoms with Crippen LogP contribution in [0.25, 0.3) is 0 Å². The van der Waals surface area contributed by atoms with Crippen LogP contribution in [0.3, 0.4) is 0 Å². The van der Waals surface area contributed by atoms with Gasteiger partial charge in [0.2, 0.25) is 10.0 Å².